The van der Waals surface area contributed by atoms with Crippen LogP contribution in [0, 0.1) is 16.3 Å². The molecule has 0 heterocycles. The molecule has 1 atom stereocenters. The fourth-order valence-electron chi connectivity index (χ4n) is 1.62. The number of alkyl halides is 1. The number of hydrogen-bond donors (Lipinski definition) is 0. The van der Waals surface area contributed by atoms with E-state index in [2.05, 4.69) is 22.6 Å². The Bertz CT molecular complexity index is 522. The summed E-state index contributed by atoms with van der Waals surface area (Å²) >= 11 is 8.52. The van der Waals surface area contributed by atoms with Crippen molar-refractivity contribution >= 4 is 34.2 Å². The molecule has 0 radical (unpaired) electrons. The molecule has 88 valence electrons. The number of hydrogen-bond acceptors (Lipinski definition) is 0. The Balaban J connectivity index is 2.36. The highest BCUT2D eigenvalue weighted by atomic mass is 127. The van der Waals surface area contributed by atoms with E-state index in [0.29, 0.717) is 0 Å². The minimum absolute atomic E-state index is 0.231. The number of halogens is 3. The summed E-state index contributed by atoms with van der Waals surface area (Å²) in [5.41, 5.74) is 3.17. The van der Waals surface area contributed by atoms with Crippen LogP contribution < -0.4 is 0 Å². The van der Waals surface area contributed by atoms with Crippen molar-refractivity contribution in [3.63, 3.8) is 0 Å². The fourth-order valence-corrected chi connectivity index (χ4v) is 2.93. The van der Waals surface area contributed by atoms with Gasteiger partial charge in [-0.2, -0.15) is 0 Å². The van der Waals surface area contributed by atoms with Crippen molar-refractivity contribution in [1.82, 2.24) is 0 Å². The maximum Gasteiger partial charge on any atom is 0.124 e. The Morgan fingerprint density at radius 2 is 1.76 bits per heavy atom. The molecule has 2 aromatic carbocycles. The molecule has 0 aliphatic rings. The van der Waals surface area contributed by atoms with Gasteiger partial charge < -0.3 is 0 Å². The summed E-state index contributed by atoms with van der Waals surface area (Å²) < 4.78 is 13.9. The van der Waals surface area contributed by atoms with Gasteiger partial charge in [0.25, 0.3) is 0 Å². The number of benzene rings is 2. The quantitative estimate of drug-likeness (QED) is 0.518. The fraction of sp³-hybridized carbons (Fsp3) is 0.143. The van der Waals surface area contributed by atoms with Crippen LogP contribution in [-0.2, 0) is 0 Å². The van der Waals surface area contributed by atoms with Crippen LogP contribution >= 0.6 is 34.2 Å². The molecular formula is C14H11ClFI. The highest BCUT2D eigenvalue weighted by molar-refractivity contribution is 14.1. The van der Waals surface area contributed by atoms with Gasteiger partial charge >= 0.3 is 0 Å². The molecule has 0 saturated carbocycles. The van der Waals surface area contributed by atoms with Crippen molar-refractivity contribution in [2.45, 2.75) is 12.3 Å². The maximum absolute atomic E-state index is 13.0. The van der Waals surface area contributed by atoms with Gasteiger partial charge in [-0.05, 0) is 52.8 Å². The summed E-state index contributed by atoms with van der Waals surface area (Å²) in [7, 11) is 0. The van der Waals surface area contributed by atoms with Crippen LogP contribution in [0.2, 0.25) is 0 Å². The van der Waals surface area contributed by atoms with E-state index in [1.54, 1.807) is 6.07 Å². The Morgan fingerprint density at radius 1 is 1.12 bits per heavy atom. The molecule has 0 bridgehead atoms. The van der Waals surface area contributed by atoms with Gasteiger partial charge in [-0.1, -0.05) is 35.9 Å². The maximum atomic E-state index is 13.0. The molecule has 0 nitrogen and oxygen atoms in total. The van der Waals surface area contributed by atoms with Gasteiger partial charge in [-0.3, -0.25) is 0 Å². The summed E-state index contributed by atoms with van der Waals surface area (Å²) in [6, 6.07) is 12.8. The van der Waals surface area contributed by atoms with Crippen molar-refractivity contribution < 1.29 is 4.39 Å². The third kappa shape index (κ3) is 2.99. The number of rotatable bonds is 2. The van der Waals surface area contributed by atoms with E-state index in [4.69, 9.17) is 11.6 Å². The molecule has 17 heavy (non-hydrogen) atoms. The topological polar surface area (TPSA) is 0 Å². The van der Waals surface area contributed by atoms with E-state index in [0.717, 1.165) is 14.7 Å². The Labute approximate surface area is 119 Å². The van der Waals surface area contributed by atoms with Gasteiger partial charge in [-0.15, -0.1) is 11.6 Å². The van der Waals surface area contributed by atoms with Crippen LogP contribution in [0.3, 0.4) is 0 Å². The molecule has 0 aliphatic heterocycles. The second-order valence-electron chi connectivity index (χ2n) is 3.94. The zero-order valence-corrected chi connectivity index (χ0v) is 12.2. The van der Waals surface area contributed by atoms with Crippen molar-refractivity contribution in [2.75, 3.05) is 0 Å². The second-order valence-corrected chi connectivity index (χ2v) is 5.54. The predicted molar refractivity (Wildman–Crippen MR) is 78.0 cm³/mol. The molecule has 0 aromatic heterocycles. The summed E-state index contributed by atoms with van der Waals surface area (Å²) in [6.45, 7) is 2.04. The third-order valence-corrected chi connectivity index (χ3v) is 4.03. The van der Waals surface area contributed by atoms with Crippen LogP contribution in [0.15, 0.2) is 42.5 Å². The van der Waals surface area contributed by atoms with Crippen LogP contribution in [0.4, 0.5) is 4.39 Å². The van der Waals surface area contributed by atoms with E-state index >= 15 is 0 Å². The molecule has 0 spiro atoms. The van der Waals surface area contributed by atoms with Crippen LogP contribution in [0.1, 0.15) is 22.1 Å². The first kappa shape index (κ1) is 12.8. The summed E-state index contributed by atoms with van der Waals surface area (Å²) in [5.74, 6) is -0.231. The highest BCUT2D eigenvalue weighted by Gasteiger charge is 2.14. The second kappa shape index (κ2) is 5.36. The SMILES string of the molecule is Cc1ccc(C(Cl)c2ccc(F)cc2I)cc1. The van der Waals surface area contributed by atoms with Gasteiger partial charge in [0.05, 0.1) is 5.38 Å². The lowest BCUT2D eigenvalue weighted by molar-refractivity contribution is 0.626. The molecular weight excluding hydrogens is 350 g/mol. The van der Waals surface area contributed by atoms with E-state index in [1.807, 2.05) is 31.2 Å². The largest absolute Gasteiger partial charge is 0.207 e. The Hall–Kier alpha value is -0.610. The Morgan fingerprint density at radius 3 is 2.35 bits per heavy atom. The lowest BCUT2D eigenvalue weighted by Gasteiger charge is -2.12. The van der Waals surface area contributed by atoms with Gasteiger partial charge in [0.15, 0.2) is 0 Å². The van der Waals surface area contributed by atoms with Crippen molar-refractivity contribution in [2.24, 2.45) is 0 Å². The highest BCUT2D eigenvalue weighted by Crippen LogP contribution is 2.32. The van der Waals surface area contributed by atoms with Gasteiger partial charge in [-0.25, -0.2) is 4.39 Å². The standard InChI is InChI=1S/C14H11ClFI/c1-9-2-4-10(5-3-9)14(15)12-7-6-11(16)8-13(12)17/h2-8,14H,1H3. The molecule has 2 aromatic rings. The lowest BCUT2D eigenvalue weighted by atomic mass is 10.0. The average molecular weight is 361 g/mol. The molecule has 0 fully saturated rings. The van der Waals surface area contributed by atoms with Crippen LogP contribution in [-0.4, -0.2) is 0 Å². The molecule has 2 rings (SSSR count). The average Bonchev–Trinajstić information content (AvgIpc) is 2.29. The molecule has 0 aliphatic carbocycles. The first-order valence-electron chi connectivity index (χ1n) is 5.23. The molecule has 1 unspecified atom stereocenters. The monoisotopic (exact) mass is 360 g/mol. The minimum Gasteiger partial charge on any atom is -0.207 e. The first-order chi connectivity index (χ1) is 8.08. The zero-order valence-electron chi connectivity index (χ0n) is 9.25. The number of aryl methyl sites for hydroxylation is 1. The summed E-state index contributed by atoms with van der Waals surface area (Å²) in [5, 5.41) is -0.233. The van der Waals surface area contributed by atoms with Crippen molar-refractivity contribution in [1.29, 1.82) is 0 Å². The minimum atomic E-state index is -0.233. The van der Waals surface area contributed by atoms with Gasteiger partial charge in [0, 0.05) is 3.57 Å². The molecule has 0 amide bonds. The normalized spacial score (nSPS) is 12.5. The summed E-state index contributed by atoms with van der Waals surface area (Å²) in [4.78, 5) is 0. The predicted octanol–water partition coefficient (Wildman–Crippen LogP) is 5.07. The lowest BCUT2D eigenvalue weighted by Crippen LogP contribution is -1.97. The van der Waals surface area contributed by atoms with Crippen molar-refractivity contribution in [3.05, 3.63) is 68.5 Å². The Kier molecular flexibility index (Phi) is 4.05. The van der Waals surface area contributed by atoms with Crippen LogP contribution in [0.25, 0.3) is 0 Å². The van der Waals surface area contributed by atoms with E-state index in [1.165, 1.54) is 17.7 Å². The molecule has 0 saturated heterocycles. The molecule has 3 heteroatoms. The van der Waals surface area contributed by atoms with Gasteiger partial charge in [0.2, 0.25) is 0 Å². The summed E-state index contributed by atoms with van der Waals surface area (Å²) in [6.07, 6.45) is 0. The van der Waals surface area contributed by atoms with Crippen molar-refractivity contribution in [3.8, 4) is 0 Å². The smallest absolute Gasteiger partial charge is 0.124 e. The van der Waals surface area contributed by atoms with E-state index in [9.17, 15) is 4.39 Å². The van der Waals surface area contributed by atoms with E-state index < -0.39 is 0 Å². The van der Waals surface area contributed by atoms with Gasteiger partial charge in [0.1, 0.15) is 5.82 Å². The zero-order chi connectivity index (χ0) is 12.4. The third-order valence-electron chi connectivity index (χ3n) is 2.61. The van der Waals surface area contributed by atoms with Crippen LogP contribution in [0.5, 0.6) is 0 Å². The first-order valence-corrected chi connectivity index (χ1v) is 6.75. The van der Waals surface area contributed by atoms with E-state index in [-0.39, 0.29) is 11.2 Å². The molecule has 0 N–H and O–H groups in total.